The summed E-state index contributed by atoms with van der Waals surface area (Å²) in [6.45, 7) is 6.34. The monoisotopic (exact) mass is 244 g/mol. The van der Waals surface area contributed by atoms with Crippen LogP contribution in [-0.2, 0) is 7.05 Å². The summed E-state index contributed by atoms with van der Waals surface area (Å²) in [6.07, 6.45) is 0. The fourth-order valence-corrected chi connectivity index (χ4v) is 2.01. The second-order valence-corrected chi connectivity index (χ2v) is 4.97. The first-order chi connectivity index (χ1) is 8.50. The van der Waals surface area contributed by atoms with Gasteiger partial charge < -0.3 is 4.90 Å². The predicted octanol–water partition coefficient (Wildman–Crippen LogP) is 3.01. The summed E-state index contributed by atoms with van der Waals surface area (Å²) in [5.41, 5.74) is 2.37. The minimum Gasteiger partial charge on any atom is -0.314 e. The maximum absolute atomic E-state index is 4.27. The van der Waals surface area contributed by atoms with Crippen molar-refractivity contribution in [3.63, 3.8) is 0 Å². The van der Waals surface area contributed by atoms with Gasteiger partial charge >= 0.3 is 0 Å². The highest BCUT2D eigenvalue weighted by Gasteiger charge is 2.15. The van der Waals surface area contributed by atoms with Crippen LogP contribution in [0.3, 0.4) is 0 Å². The first-order valence-electron chi connectivity index (χ1n) is 6.20. The van der Waals surface area contributed by atoms with E-state index in [1.807, 2.05) is 18.7 Å². The molecule has 0 N–H and O–H groups in total. The van der Waals surface area contributed by atoms with E-state index >= 15 is 0 Å². The Morgan fingerprint density at radius 1 is 1.11 bits per heavy atom. The molecule has 4 heteroatoms. The van der Waals surface area contributed by atoms with E-state index < -0.39 is 0 Å². The molecule has 1 aromatic heterocycles. The number of benzene rings is 1. The number of aromatic nitrogens is 3. The van der Waals surface area contributed by atoms with Crippen LogP contribution in [0.4, 0.5) is 11.6 Å². The molecule has 0 saturated heterocycles. The van der Waals surface area contributed by atoms with Crippen molar-refractivity contribution in [2.45, 2.75) is 26.7 Å². The van der Waals surface area contributed by atoms with Crippen molar-refractivity contribution in [3.8, 4) is 0 Å². The van der Waals surface area contributed by atoms with Gasteiger partial charge in [-0.2, -0.15) is 0 Å². The standard InChI is InChI=1S/C14H20N4/c1-10(2)13-15-16-14(18(13)5)17(4)12-8-6-11(3)7-9-12/h6-10H,1-5H3. The van der Waals surface area contributed by atoms with E-state index in [1.54, 1.807) is 0 Å². The van der Waals surface area contributed by atoms with Gasteiger partial charge in [-0.25, -0.2) is 0 Å². The van der Waals surface area contributed by atoms with E-state index in [0.717, 1.165) is 17.5 Å². The maximum Gasteiger partial charge on any atom is 0.231 e. The van der Waals surface area contributed by atoms with Gasteiger partial charge in [-0.3, -0.25) is 4.57 Å². The first kappa shape index (κ1) is 12.6. The molecule has 2 aromatic rings. The molecule has 0 aliphatic rings. The number of rotatable bonds is 3. The molecule has 4 nitrogen and oxygen atoms in total. The summed E-state index contributed by atoms with van der Waals surface area (Å²) in [5.74, 6) is 2.24. The molecule has 0 bridgehead atoms. The highest BCUT2D eigenvalue weighted by molar-refractivity contribution is 5.56. The summed E-state index contributed by atoms with van der Waals surface area (Å²) < 4.78 is 2.05. The van der Waals surface area contributed by atoms with Gasteiger partial charge in [0.05, 0.1) is 0 Å². The zero-order chi connectivity index (χ0) is 13.3. The van der Waals surface area contributed by atoms with E-state index in [-0.39, 0.29) is 0 Å². The SMILES string of the molecule is Cc1ccc(N(C)c2nnc(C(C)C)n2C)cc1. The van der Waals surface area contributed by atoms with E-state index in [1.165, 1.54) is 5.56 Å². The van der Waals surface area contributed by atoms with E-state index in [4.69, 9.17) is 0 Å². The first-order valence-corrected chi connectivity index (χ1v) is 6.20. The summed E-state index contributed by atoms with van der Waals surface area (Å²) in [5, 5.41) is 8.53. The third-order valence-electron chi connectivity index (χ3n) is 3.12. The molecule has 0 aliphatic carbocycles. The second-order valence-electron chi connectivity index (χ2n) is 4.97. The number of aryl methyl sites for hydroxylation is 1. The van der Waals surface area contributed by atoms with Crippen LogP contribution in [-0.4, -0.2) is 21.8 Å². The van der Waals surface area contributed by atoms with Gasteiger partial charge in [-0.15, -0.1) is 10.2 Å². The van der Waals surface area contributed by atoms with E-state index in [0.29, 0.717) is 5.92 Å². The van der Waals surface area contributed by atoms with Crippen LogP contribution in [0.1, 0.15) is 31.2 Å². The van der Waals surface area contributed by atoms with Gasteiger partial charge in [0.25, 0.3) is 0 Å². The molecule has 0 spiro atoms. The minimum atomic E-state index is 0.377. The van der Waals surface area contributed by atoms with Gasteiger partial charge in [0, 0.05) is 25.7 Å². The smallest absolute Gasteiger partial charge is 0.231 e. The Morgan fingerprint density at radius 3 is 2.22 bits per heavy atom. The van der Waals surface area contributed by atoms with E-state index in [2.05, 4.69) is 60.1 Å². The molecule has 0 amide bonds. The Kier molecular flexibility index (Phi) is 3.36. The van der Waals surface area contributed by atoms with Crippen LogP contribution in [0, 0.1) is 6.92 Å². The Morgan fingerprint density at radius 2 is 1.72 bits per heavy atom. The summed E-state index contributed by atoms with van der Waals surface area (Å²) in [7, 11) is 4.02. The molecule has 2 rings (SSSR count). The predicted molar refractivity (Wildman–Crippen MR) is 74.3 cm³/mol. The normalized spacial score (nSPS) is 11.0. The molecule has 0 fully saturated rings. The summed E-state index contributed by atoms with van der Waals surface area (Å²) in [6, 6.07) is 8.40. The van der Waals surface area contributed by atoms with Crippen molar-refractivity contribution in [2.75, 3.05) is 11.9 Å². The lowest BCUT2D eigenvalue weighted by Crippen LogP contribution is -2.15. The third kappa shape index (κ3) is 2.23. The Bertz CT molecular complexity index is 525. The van der Waals surface area contributed by atoms with Crippen molar-refractivity contribution in [2.24, 2.45) is 7.05 Å². The molecule has 96 valence electrons. The van der Waals surface area contributed by atoms with Crippen molar-refractivity contribution in [3.05, 3.63) is 35.7 Å². The van der Waals surface area contributed by atoms with Crippen LogP contribution < -0.4 is 4.90 Å². The molecular formula is C14H20N4. The molecule has 18 heavy (non-hydrogen) atoms. The summed E-state index contributed by atoms with van der Waals surface area (Å²) in [4.78, 5) is 2.05. The number of hydrogen-bond donors (Lipinski definition) is 0. The van der Waals surface area contributed by atoms with Crippen LogP contribution in [0.25, 0.3) is 0 Å². The van der Waals surface area contributed by atoms with Crippen LogP contribution in [0.15, 0.2) is 24.3 Å². The van der Waals surface area contributed by atoms with Gasteiger partial charge in [0.1, 0.15) is 5.82 Å². The molecule has 0 aliphatic heterocycles. The largest absolute Gasteiger partial charge is 0.314 e. The fraction of sp³-hybridized carbons (Fsp3) is 0.429. The van der Waals surface area contributed by atoms with Gasteiger partial charge in [0.15, 0.2) is 0 Å². The average molecular weight is 244 g/mol. The van der Waals surface area contributed by atoms with Gasteiger partial charge in [-0.05, 0) is 19.1 Å². The highest BCUT2D eigenvalue weighted by Crippen LogP contribution is 2.23. The summed E-state index contributed by atoms with van der Waals surface area (Å²) >= 11 is 0. The zero-order valence-corrected chi connectivity index (χ0v) is 11.7. The molecule has 1 heterocycles. The maximum atomic E-state index is 4.27. The lowest BCUT2D eigenvalue weighted by atomic mass is 10.2. The minimum absolute atomic E-state index is 0.377. The van der Waals surface area contributed by atoms with E-state index in [9.17, 15) is 0 Å². The zero-order valence-electron chi connectivity index (χ0n) is 11.7. The molecular weight excluding hydrogens is 224 g/mol. The number of hydrogen-bond acceptors (Lipinski definition) is 3. The lowest BCUT2D eigenvalue weighted by Gasteiger charge is -2.18. The van der Waals surface area contributed by atoms with Crippen molar-refractivity contribution in [1.29, 1.82) is 0 Å². The molecule has 0 atom stereocenters. The van der Waals surface area contributed by atoms with Gasteiger partial charge in [0.2, 0.25) is 5.95 Å². The van der Waals surface area contributed by atoms with Crippen LogP contribution in [0.2, 0.25) is 0 Å². The Balaban J connectivity index is 2.34. The number of nitrogens with zero attached hydrogens (tertiary/aromatic N) is 4. The van der Waals surface area contributed by atoms with Crippen molar-refractivity contribution < 1.29 is 0 Å². The van der Waals surface area contributed by atoms with Crippen molar-refractivity contribution in [1.82, 2.24) is 14.8 Å². The Labute approximate surface area is 108 Å². The fourth-order valence-electron chi connectivity index (χ4n) is 2.01. The molecule has 1 aromatic carbocycles. The van der Waals surface area contributed by atoms with Crippen molar-refractivity contribution >= 4 is 11.6 Å². The topological polar surface area (TPSA) is 34.0 Å². The highest BCUT2D eigenvalue weighted by atomic mass is 15.4. The lowest BCUT2D eigenvalue weighted by molar-refractivity contribution is 0.707. The quantitative estimate of drug-likeness (QED) is 0.832. The molecule has 0 unspecified atom stereocenters. The average Bonchev–Trinajstić information content (AvgIpc) is 2.71. The third-order valence-corrected chi connectivity index (χ3v) is 3.12. The van der Waals surface area contributed by atoms with Crippen LogP contribution in [0.5, 0.6) is 0 Å². The number of anilines is 2. The van der Waals surface area contributed by atoms with Crippen LogP contribution >= 0.6 is 0 Å². The Hall–Kier alpha value is -1.84. The molecule has 0 saturated carbocycles. The molecule has 0 radical (unpaired) electrons. The van der Waals surface area contributed by atoms with Gasteiger partial charge in [-0.1, -0.05) is 31.5 Å². The second kappa shape index (κ2) is 4.80.